The molecular formula is C26H29BN2O4. The second-order valence-corrected chi connectivity index (χ2v) is 7.96. The van der Waals surface area contributed by atoms with Gasteiger partial charge >= 0.3 is 7.12 Å². The molecule has 0 radical (unpaired) electrons. The number of amides is 2. The van der Waals surface area contributed by atoms with Crippen LogP contribution < -0.4 is 10.6 Å². The molecule has 33 heavy (non-hydrogen) atoms. The number of nitrogens with one attached hydrogen (secondary N) is 2. The lowest BCUT2D eigenvalue weighted by atomic mass is 9.83. The highest BCUT2D eigenvalue weighted by Crippen LogP contribution is 2.23. The third-order valence-corrected chi connectivity index (χ3v) is 5.37. The van der Waals surface area contributed by atoms with E-state index in [1.54, 1.807) is 18.2 Å². The lowest BCUT2D eigenvalue weighted by Gasteiger charge is -2.17. The Morgan fingerprint density at radius 2 is 1.27 bits per heavy atom. The minimum absolute atomic E-state index is 0.277. The molecular weight excluding hydrogens is 415 g/mol. The molecule has 2 amide bonds. The Labute approximate surface area is 194 Å². The standard InChI is InChI=1S/C26H29BN2O4/c30-25(28-22-14-6-2-7-15-22)24(17-8-3-9-18-27(32)33)26(31)29-23-16-10-13-21(19-23)20-11-4-1-5-12-20/h1-2,4-7,10-16,19,24,32-33H,3,8-9,17-18H2,(H,28,30)(H,29,31). The summed E-state index contributed by atoms with van der Waals surface area (Å²) in [5, 5.41) is 23.7. The summed E-state index contributed by atoms with van der Waals surface area (Å²) in [4.78, 5) is 26.1. The lowest BCUT2D eigenvalue weighted by molar-refractivity contribution is -0.129. The molecule has 0 aliphatic carbocycles. The van der Waals surface area contributed by atoms with Crippen LogP contribution in [0, 0.1) is 5.92 Å². The number of para-hydroxylation sites is 1. The average Bonchev–Trinajstić information content (AvgIpc) is 2.82. The molecule has 1 unspecified atom stereocenters. The van der Waals surface area contributed by atoms with E-state index in [2.05, 4.69) is 10.6 Å². The number of hydrogen-bond acceptors (Lipinski definition) is 4. The summed E-state index contributed by atoms with van der Waals surface area (Å²) in [7, 11) is -1.33. The van der Waals surface area contributed by atoms with E-state index in [4.69, 9.17) is 10.0 Å². The van der Waals surface area contributed by atoms with Crippen molar-refractivity contribution in [3.63, 3.8) is 0 Å². The number of unbranched alkanes of at least 4 members (excludes halogenated alkanes) is 2. The van der Waals surface area contributed by atoms with E-state index < -0.39 is 13.0 Å². The lowest BCUT2D eigenvalue weighted by Crippen LogP contribution is -2.34. The molecule has 0 fully saturated rings. The van der Waals surface area contributed by atoms with Crippen LogP contribution in [0.5, 0.6) is 0 Å². The molecule has 0 aliphatic heterocycles. The Balaban J connectivity index is 1.69. The molecule has 3 aromatic carbocycles. The number of anilines is 2. The molecule has 0 saturated heterocycles. The van der Waals surface area contributed by atoms with Crippen LogP contribution in [-0.4, -0.2) is 29.0 Å². The first-order valence-electron chi connectivity index (χ1n) is 11.2. The molecule has 170 valence electrons. The van der Waals surface area contributed by atoms with E-state index in [1.165, 1.54) is 0 Å². The zero-order chi connectivity index (χ0) is 23.5. The summed E-state index contributed by atoms with van der Waals surface area (Å²) >= 11 is 0. The van der Waals surface area contributed by atoms with E-state index in [1.807, 2.05) is 66.7 Å². The highest BCUT2D eigenvalue weighted by molar-refractivity contribution is 6.40. The molecule has 0 aliphatic rings. The number of carbonyl (C=O) groups excluding carboxylic acids is 2. The van der Waals surface area contributed by atoms with E-state index in [-0.39, 0.29) is 18.1 Å². The Bertz CT molecular complexity index is 1030. The summed E-state index contributed by atoms with van der Waals surface area (Å²) in [6.07, 6.45) is 2.58. The van der Waals surface area contributed by atoms with Gasteiger partial charge in [0.2, 0.25) is 11.8 Å². The largest absolute Gasteiger partial charge is 0.451 e. The molecule has 7 heteroatoms. The summed E-state index contributed by atoms with van der Waals surface area (Å²) in [6, 6.07) is 26.5. The van der Waals surface area contributed by atoms with Gasteiger partial charge in [-0.2, -0.15) is 0 Å². The minimum atomic E-state index is -1.33. The second-order valence-electron chi connectivity index (χ2n) is 7.96. The third kappa shape index (κ3) is 7.90. The number of rotatable bonds is 11. The summed E-state index contributed by atoms with van der Waals surface area (Å²) in [5.41, 5.74) is 3.27. The maximum atomic E-state index is 13.1. The van der Waals surface area contributed by atoms with Gasteiger partial charge in [-0.1, -0.05) is 79.9 Å². The van der Waals surface area contributed by atoms with Gasteiger partial charge in [0.1, 0.15) is 5.92 Å². The maximum absolute atomic E-state index is 13.1. The fraction of sp³-hybridized carbons (Fsp3) is 0.231. The van der Waals surface area contributed by atoms with Crippen LogP contribution in [0.15, 0.2) is 84.9 Å². The zero-order valence-corrected chi connectivity index (χ0v) is 18.5. The van der Waals surface area contributed by atoms with Crippen molar-refractivity contribution in [2.75, 3.05) is 10.6 Å². The van der Waals surface area contributed by atoms with Crippen molar-refractivity contribution in [3.8, 4) is 11.1 Å². The third-order valence-electron chi connectivity index (χ3n) is 5.37. The first-order chi connectivity index (χ1) is 16.0. The molecule has 0 saturated carbocycles. The predicted octanol–water partition coefficient (Wildman–Crippen LogP) is 4.58. The van der Waals surface area contributed by atoms with Gasteiger partial charge in [-0.3, -0.25) is 9.59 Å². The molecule has 0 spiro atoms. The Kier molecular flexibility index (Phi) is 9.24. The Morgan fingerprint density at radius 3 is 1.94 bits per heavy atom. The van der Waals surface area contributed by atoms with Crippen LogP contribution in [0.2, 0.25) is 6.32 Å². The van der Waals surface area contributed by atoms with Crippen molar-refractivity contribution in [3.05, 3.63) is 84.9 Å². The Hall–Kier alpha value is -3.42. The van der Waals surface area contributed by atoms with Crippen LogP contribution in [0.1, 0.15) is 25.7 Å². The summed E-state index contributed by atoms with van der Waals surface area (Å²) in [6.45, 7) is 0. The molecule has 3 aromatic rings. The quantitative estimate of drug-likeness (QED) is 0.198. The van der Waals surface area contributed by atoms with Crippen LogP contribution in [0.4, 0.5) is 11.4 Å². The second kappa shape index (κ2) is 12.6. The average molecular weight is 444 g/mol. The molecule has 3 rings (SSSR count). The van der Waals surface area contributed by atoms with Gasteiger partial charge in [0.15, 0.2) is 0 Å². The van der Waals surface area contributed by atoms with Crippen LogP contribution in [0.25, 0.3) is 11.1 Å². The van der Waals surface area contributed by atoms with Gasteiger partial charge in [-0.05, 0) is 48.1 Å². The fourth-order valence-corrected chi connectivity index (χ4v) is 3.62. The van der Waals surface area contributed by atoms with E-state index in [9.17, 15) is 9.59 Å². The highest BCUT2D eigenvalue weighted by atomic mass is 16.4. The van der Waals surface area contributed by atoms with E-state index in [0.29, 0.717) is 37.1 Å². The van der Waals surface area contributed by atoms with Crippen LogP contribution in [0.3, 0.4) is 0 Å². The molecule has 0 heterocycles. The van der Waals surface area contributed by atoms with Crippen molar-refractivity contribution in [2.24, 2.45) is 5.92 Å². The van der Waals surface area contributed by atoms with E-state index >= 15 is 0 Å². The summed E-state index contributed by atoms with van der Waals surface area (Å²) in [5.74, 6) is -1.60. The maximum Gasteiger partial charge on any atom is 0.451 e. The van der Waals surface area contributed by atoms with E-state index in [0.717, 1.165) is 11.1 Å². The highest BCUT2D eigenvalue weighted by Gasteiger charge is 2.26. The molecule has 0 aromatic heterocycles. The van der Waals surface area contributed by atoms with Gasteiger partial charge in [0, 0.05) is 11.4 Å². The van der Waals surface area contributed by atoms with Gasteiger partial charge in [-0.15, -0.1) is 0 Å². The predicted molar refractivity (Wildman–Crippen MR) is 133 cm³/mol. The van der Waals surface area contributed by atoms with Crippen molar-refractivity contribution in [1.82, 2.24) is 0 Å². The van der Waals surface area contributed by atoms with Gasteiger partial charge in [-0.25, -0.2) is 0 Å². The summed E-state index contributed by atoms with van der Waals surface area (Å²) < 4.78 is 0. The first kappa shape index (κ1) is 24.2. The molecule has 4 N–H and O–H groups in total. The molecule has 0 bridgehead atoms. The fourth-order valence-electron chi connectivity index (χ4n) is 3.62. The van der Waals surface area contributed by atoms with Gasteiger partial charge in [0.05, 0.1) is 0 Å². The SMILES string of the molecule is O=C(Nc1ccccc1)C(CCCCCB(O)O)C(=O)Nc1cccc(-c2ccccc2)c1. The number of hydrogen-bond donors (Lipinski definition) is 4. The van der Waals surface area contributed by atoms with Crippen molar-refractivity contribution >= 4 is 30.3 Å². The minimum Gasteiger partial charge on any atom is -0.427 e. The monoisotopic (exact) mass is 444 g/mol. The van der Waals surface area contributed by atoms with Crippen LogP contribution in [-0.2, 0) is 9.59 Å². The van der Waals surface area contributed by atoms with Crippen molar-refractivity contribution < 1.29 is 19.6 Å². The smallest absolute Gasteiger partial charge is 0.427 e. The molecule has 1 atom stereocenters. The molecule has 6 nitrogen and oxygen atoms in total. The first-order valence-corrected chi connectivity index (χ1v) is 11.2. The number of carbonyl (C=O) groups is 2. The normalized spacial score (nSPS) is 11.5. The van der Waals surface area contributed by atoms with Crippen molar-refractivity contribution in [2.45, 2.75) is 32.0 Å². The zero-order valence-electron chi connectivity index (χ0n) is 18.5. The van der Waals surface area contributed by atoms with Gasteiger partial charge < -0.3 is 20.7 Å². The number of benzene rings is 3. The van der Waals surface area contributed by atoms with Gasteiger partial charge in [0.25, 0.3) is 0 Å². The van der Waals surface area contributed by atoms with Crippen molar-refractivity contribution in [1.29, 1.82) is 0 Å². The van der Waals surface area contributed by atoms with Crippen LogP contribution >= 0.6 is 0 Å². The topological polar surface area (TPSA) is 98.7 Å². The Morgan fingerprint density at radius 1 is 0.697 bits per heavy atom.